The van der Waals surface area contributed by atoms with Gasteiger partial charge in [-0.15, -0.1) is 0 Å². The van der Waals surface area contributed by atoms with Crippen molar-refractivity contribution >= 4 is 0 Å². The van der Waals surface area contributed by atoms with Gasteiger partial charge in [-0.05, 0) is 27.0 Å². The predicted molar refractivity (Wildman–Crippen MR) is 64.6 cm³/mol. The van der Waals surface area contributed by atoms with Crippen LogP contribution in [0, 0.1) is 0 Å². The van der Waals surface area contributed by atoms with Gasteiger partial charge in [0.05, 0.1) is 24.0 Å². The SMILES string of the molecule is CN(Cc1nc(-c2ccoc2)no1)CC(C)(C)O. The van der Waals surface area contributed by atoms with Gasteiger partial charge in [-0.1, -0.05) is 5.16 Å². The molecule has 6 heteroatoms. The lowest BCUT2D eigenvalue weighted by atomic mass is 10.1. The minimum atomic E-state index is -0.748. The fraction of sp³-hybridized carbons (Fsp3) is 0.500. The van der Waals surface area contributed by atoms with Crippen LogP contribution < -0.4 is 0 Å². The molecule has 0 fully saturated rings. The van der Waals surface area contributed by atoms with Crippen LogP contribution in [0.4, 0.5) is 0 Å². The van der Waals surface area contributed by atoms with Crippen LogP contribution in [-0.4, -0.2) is 39.3 Å². The Hall–Kier alpha value is -1.66. The number of furan rings is 1. The molecule has 2 aromatic heterocycles. The molecule has 0 spiro atoms. The van der Waals surface area contributed by atoms with Crippen LogP contribution >= 0.6 is 0 Å². The third-order valence-electron chi connectivity index (χ3n) is 2.31. The molecule has 2 rings (SSSR count). The molecule has 0 amide bonds. The van der Waals surface area contributed by atoms with Crippen molar-refractivity contribution in [2.75, 3.05) is 13.6 Å². The maximum Gasteiger partial charge on any atom is 0.241 e. The quantitative estimate of drug-likeness (QED) is 0.868. The summed E-state index contributed by atoms with van der Waals surface area (Å²) in [5.74, 6) is 1.02. The summed E-state index contributed by atoms with van der Waals surface area (Å²) in [7, 11) is 1.89. The summed E-state index contributed by atoms with van der Waals surface area (Å²) in [6.45, 7) is 4.54. The Kier molecular flexibility index (Phi) is 3.49. The topological polar surface area (TPSA) is 75.5 Å². The van der Waals surface area contributed by atoms with Crippen molar-refractivity contribution < 1.29 is 14.0 Å². The fourth-order valence-electron chi connectivity index (χ4n) is 1.78. The maximum atomic E-state index is 9.70. The Morgan fingerprint density at radius 2 is 2.22 bits per heavy atom. The first-order valence-corrected chi connectivity index (χ1v) is 5.70. The summed E-state index contributed by atoms with van der Waals surface area (Å²) in [6.07, 6.45) is 3.13. The molecule has 0 saturated heterocycles. The van der Waals surface area contributed by atoms with Crippen molar-refractivity contribution in [1.29, 1.82) is 0 Å². The summed E-state index contributed by atoms with van der Waals surface area (Å²) < 4.78 is 10.1. The first-order chi connectivity index (χ1) is 8.44. The molecule has 2 aromatic rings. The molecule has 0 aliphatic heterocycles. The minimum Gasteiger partial charge on any atom is -0.472 e. The van der Waals surface area contributed by atoms with Crippen LogP contribution in [0.15, 0.2) is 27.5 Å². The highest BCUT2D eigenvalue weighted by Crippen LogP contribution is 2.16. The Bertz CT molecular complexity index is 485. The molecule has 98 valence electrons. The zero-order valence-electron chi connectivity index (χ0n) is 10.8. The van der Waals surface area contributed by atoms with E-state index in [0.717, 1.165) is 5.56 Å². The molecule has 0 radical (unpaired) electrons. The smallest absolute Gasteiger partial charge is 0.241 e. The van der Waals surface area contributed by atoms with E-state index in [1.807, 2.05) is 11.9 Å². The van der Waals surface area contributed by atoms with Crippen molar-refractivity contribution in [3.8, 4) is 11.4 Å². The van der Waals surface area contributed by atoms with Crippen LogP contribution in [-0.2, 0) is 6.54 Å². The third kappa shape index (κ3) is 3.41. The molecule has 0 unspecified atom stereocenters. The lowest BCUT2D eigenvalue weighted by Gasteiger charge is -2.23. The van der Waals surface area contributed by atoms with Crippen LogP contribution in [0.3, 0.4) is 0 Å². The average Bonchev–Trinajstić information content (AvgIpc) is 2.82. The number of hydrogen-bond donors (Lipinski definition) is 1. The molecular formula is C12H17N3O3. The molecule has 0 aliphatic carbocycles. The van der Waals surface area contributed by atoms with Gasteiger partial charge in [0, 0.05) is 6.54 Å². The molecule has 2 heterocycles. The van der Waals surface area contributed by atoms with Gasteiger partial charge in [0.1, 0.15) is 6.26 Å². The highest BCUT2D eigenvalue weighted by Gasteiger charge is 2.18. The van der Waals surface area contributed by atoms with E-state index in [9.17, 15) is 5.11 Å². The van der Waals surface area contributed by atoms with Gasteiger partial charge in [-0.3, -0.25) is 4.90 Å². The molecule has 6 nitrogen and oxygen atoms in total. The van der Waals surface area contributed by atoms with Crippen molar-refractivity contribution in [3.63, 3.8) is 0 Å². The van der Waals surface area contributed by atoms with E-state index in [0.29, 0.717) is 24.8 Å². The molecule has 0 saturated carbocycles. The molecule has 1 N–H and O–H groups in total. The number of nitrogens with zero attached hydrogens (tertiary/aromatic N) is 3. The molecule has 18 heavy (non-hydrogen) atoms. The van der Waals surface area contributed by atoms with E-state index < -0.39 is 5.60 Å². The fourth-order valence-corrected chi connectivity index (χ4v) is 1.78. The molecule has 0 atom stereocenters. The third-order valence-corrected chi connectivity index (χ3v) is 2.31. The Morgan fingerprint density at radius 1 is 1.44 bits per heavy atom. The molecule has 0 bridgehead atoms. The zero-order chi connectivity index (χ0) is 13.2. The minimum absolute atomic E-state index is 0.495. The predicted octanol–water partition coefficient (Wildman–Crippen LogP) is 1.53. The van der Waals surface area contributed by atoms with Gasteiger partial charge in [-0.2, -0.15) is 4.98 Å². The summed E-state index contributed by atoms with van der Waals surface area (Å²) >= 11 is 0. The lowest BCUT2D eigenvalue weighted by Crippen LogP contribution is -2.35. The van der Waals surface area contributed by atoms with Gasteiger partial charge in [0.2, 0.25) is 11.7 Å². The van der Waals surface area contributed by atoms with Crippen molar-refractivity contribution in [3.05, 3.63) is 24.5 Å². The molecular weight excluding hydrogens is 234 g/mol. The number of likely N-dealkylation sites (N-methyl/N-ethyl adjacent to an activating group) is 1. The van der Waals surface area contributed by atoms with Crippen LogP contribution in [0.1, 0.15) is 19.7 Å². The highest BCUT2D eigenvalue weighted by molar-refractivity contribution is 5.51. The van der Waals surface area contributed by atoms with Gasteiger partial charge in [0.15, 0.2) is 0 Å². The van der Waals surface area contributed by atoms with E-state index in [1.54, 1.807) is 32.4 Å². The van der Waals surface area contributed by atoms with E-state index in [-0.39, 0.29) is 0 Å². The first kappa shape index (κ1) is 12.8. The van der Waals surface area contributed by atoms with Crippen molar-refractivity contribution in [1.82, 2.24) is 15.0 Å². The van der Waals surface area contributed by atoms with E-state index in [4.69, 9.17) is 8.94 Å². The average molecular weight is 251 g/mol. The Labute approximate surface area is 105 Å². The molecule has 0 aliphatic rings. The van der Waals surface area contributed by atoms with E-state index in [2.05, 4.69) is 10.1 Å². The lowest BCUT2D eigenvalue weighted by molar-refractivity contribution is 0.0397. The Morgan fingerprint density at radius 3 is 2.83 bits per heavy atom. The second-order valence-electron chi connectivity index (χ2n) is 5.01. The summed E-state index contributed by atoms with van der Waals surface area (Å²) in [5.41, 5.74) is 0.0393. The largest absolute Gasteiger partial charge is 0.472 e. The van der Waals surface area contributed by atoms with Gasteiger partial charge in [-0.25, -0.2) is 0 Å². The number of aliphatic hydroxyl groups is 1. The van der Waals surface area contributed by atoms with Crippen LogP contribution in [0.25, 0.3) is 11.4 Å². The molecule has 0 aromatic carbocycles. The summed E-state index contributed by atoms with van der Waals surface area (Å²) in [4.78, 5) is 6.18. The van der Waals surface area contributed by atoms with Crippen LogP contribution in [0.2, 0.25) is 0 Å². The summed E-state index contributed by atoms with van der Waals surface area (Å²) in [5, 5.41) is 13.6. The summed E-state index contributed by atoms with van der Waals surface area (Å²) in [6, 6.07) is 1.77. The first-order valence-electron chi connectivity index (χ1n) is 5.70. The number of rotatable bonds is 5. The van der Waals surface area contributed by atoms with Gasteiger partial charge >= 0.3 is 0 Å². The highest BCUT2D eigenvalue weighted by atomic mass is 16.5. The maximum absolute atomic E-state index is 9.70. The van der Waals surface area contributed by atoms with Crippen LogP contribution in [0.5, 0.6) is 0 Å². The monoisotopic (exact) mass is 251 g/mol. The van der Waals surface area contributed by atoms with Crippen molar-refractivity contribution in [2.24, 2.45) is 0 Å². The standard InChI is InChI=1S/C12H17N3O3/c1-12(2,16)8-15(3)6-10-13-11(14-18-10)9-4-5-17-7-9/h4-5,7,16H,6,8H2,1-3H3. The normalized spacial score (nSPS) is 12.3. The van der Waals surface area contributed by atoms with E-state index in [1.165, 1.54) is 0 Å². The van der Waals surface area contributed by atoms with Gasteiger partial charge in [0.25, 0.3) is 0 Å². The Balaban J connectivity index is 1.99. The second kappa shape index (κ2) is 4.91. The number of aromatic nitrogens is 2. The van der Waals surface area contributed by atoms with E-state index >= 15 is 0 Å². The van der Waals surface area contributed by atoms with Gasteiger partial charge < -0.3 is 14.0 Å². The number of hydrogen-bond acceptors (Lipinski definition) is 6. The zero-order valence-corrected chi connectivity index (χ0v) is 10.8. The second-order valence-corrected chi connectivity index (χ2v) is 5.01. The van der Waals surface area contributed by atoms with Crippen molar-refractivity contribution in [2.45, 2.75) is 26.0 Å².